The van der Waals surface area contributed by atoms with Crippen LogP contribution in [0.15, 0.2) is 24.5 Å². The number of ether oxygens (including phenoxy) is 1. The highest BCUT2D eigenvalue weighted by Gasteiger charge is 2.31. The third-order valence-corrected chi connectivity index (χ3v) is 6.72. The first-order valence-corrected chi connectivity index (χ1v) is 11.3. The number of methoxy groups -OCH3 is 1. The van der Waals surface area contributed by atoms with Gasteiger partial charge in [-0.1, -0.05) is 6.07 Å². The molecule has 2 saturated heterocycles. The van der Waals surface area contributed by atoms with Crippen LogP contribution in [-0.2, 0) is 20.9 Å². The van der Waals surface area contributed by atoms with E-state index in [2.05, 4.69) is 27.0 Å². The average Bonchev–Trinajstić information content (AvgIpc) is 2.81. The van der Waals surface area contributed by atoms with Crippen molar-refractivity contribution in [2.75, 3.05) is 33.3 Å². The molecule has 1 aromatic rings. The van der Waals surface area contributed by atoms with Crippen LogP contribution in [0.25, 0.3) is 0 Å². The van der Waals surface area contributed by atoms with Crippen LogP contribution >= 0.6 is 0 Å². The summed E-state index contributed by atoms with van der Waals surface area (Å²) in [6.45, 7) is 6.94. The van der Waals surface area contributed by atoms with E-state index in [0.29, 0.717) is 25.0 Å². The van der Waals surface area contributed by atoms with E-state index in [-0.39, 0.29) is 17.8 Å². The van der Waals surface area contributed by atoms with Crippen molar-refractivity contribution in [3.8, 4) is 0 Å². The molecule has 1 atom stereocenters. The summed E-state index contributed by atoms with van der Waals surface area (Å²) in [6, 6.07) is 4.91. The van der Waals surface area contributed by atoms with Gasteiger partial charge in [-0.15, -0.1) is 0 Å². The van der Waals surface area contributed by atoms with Crippen LogP contribution in [0.2, 0.25) is 0 Å². The van der Waals surface area contributed by atoms with Crippen molar-refractivity contribution in [2.24, 2.45) is 5.92 Å². The molecular weight excluding hydrogens is 380 g/mol. The van der Waals surface area contributed by atoms with E-state index in [9.17, 15) is 9.59 Å². The summed E-state index contributed by atoms with van der Waals surface area (Å²) in [5.74, 6) is 0.174. The van der Waals surface area contributed by atoms with Gasteiger partial charge >= 0.3 is 5.97 Å². The number of nitrogens with zero attached hydrogens (tertiary/aromatic N) is 3. The van der Waals surface area contributed by atoms with E-state index < -0.39 is 0 Å². The zero-order valence-electron chi connectivity index (χ0n) is 18.4. The lowest BCUT2D eigenvalue weighted by atomic mass is 9.92. The minimum atomic E-state index is -0.121. The van der Waals surface area contributed by atoms with Gasteiger partial charge < -0.3 is 19.9 Å². The summed E-state index contributed by atoms with van der Waals surface area (Å²) in [5, 5.41) is 3.07. The Hall–Kier alpha value is -1.99. The predicted molar refractivity (Wildman–Crippen MR) is 116 cm³/mol. The number of hydrogen-bond donors (Lipinski definition) is 1. The molecule has 0 spiro atoms. The molecule has 0 aromatic carbocycles. The highest BCUT2D eigenvalue weighted by molar-refractivity contribution is 5.78. The maximum absolute atomic E-state index is 12.5. The number of aromatic nitrogens is 1. The second kappa shape index (κ2) is 11.4. The number of hydrogen-bond acceptors (Lipinski definition) is 6. The Morgan fingerprint density at radius 3 is 2.57 bits per heavy atom. The van der Waals surface area contributed by atoms with E-state index >= 15 is 0 Å². The number of piperidine rings is 2. The summed E-state index contributed by atoms with van der Waals surface area (Å²) in [5.41, 5.74) is 1.04. The average molecular weight is 417 g/mol. The van der Waals surface area contributed by atoms with Gasteiger partial charge in [0, 0.05) is 43.4 Å². The van der Waals surface area contributed by atoms with Crippen LogP contribution in [0.3, 0.4) is 0 Å². The number of carbonyl (C=O) groups excluding carboxylic acids is 2. The maximum Gasteiger partial charge on any atom is 0.305 e. The van der Waals surface area contributed by atoms with Crippen molar-refractivity contribution in [2.45, 2.75) is 64.1 Å². The largest absolute Gasteiger partial charge is 0.469 e. The Bertz CT molecular complexity index is 668. The van der Waals surface area contributed by atoms with E-state index in [1.165, 1.54) is 20.0 Å². The molecule has 2 aliphatic rings. The topological polar surface area (TPSA) is 74.8 Å². The minimum Gasteiger partial charge on any atom is -0.469 e. The van der Waals surface area contributed by atoms with Gasteiger partial charge in [-0.3, -0.25) is 14.6 Å². The van der Waals surface area contributed by atoms with Crippen molar-refractivity contribution in [1.29, 1.82) is 0 Å². The lowest BCUT2D eigenvalue weighted by Crippen LogP contribution is -2.50. The molecule has 1 unspecified atom stereocenters. The van der Waals surface area contributed by atoms with Crippen molar-refractivity contribution < 1.29 is 14.3 Å². The molecule has 3 rings (SSSR count). The van der Waals surface area contributed by atoms with Crippen LogP contribution in [0.5, 0.6) is 0 Å². The minimum absolute atomic E-state index is 0.121. The van der Waals surface area contributed by atoms with E-state index in [0.717, 1.165) is 51.0 Å². The second-order valence-corrected chi connectivity index (χ2v) is 8.62. The van der Waals surface area contributed by atoms with Gasteiger partial charge in [-0.05, 0) is 76.8 Å². The van der Waals surface area contributed by atoms with Gasteiger partial charge in [0.15, 0.2) is 0 Å². The summed E-state index contributed by atoms with van der Waals surface area (Å²) < 4.78 is 4.75. The van der Waals surface area contributed by atoms with Crippen molar-refractivity contribution in [1.82, 2.24) is 20.1 Å². The lowest BCUT2D eigenvalue weighted by Gasteiger charge is -2.43. The third-order valence-electron chi connectivity index (χ3n) is 6.72. The van der Waals surface area contributed by atoms with Gasteiger partial charge in [0.05, 0.1) is 7.11 Å². The molecular formula is C23H36N4O3. The molecule has 0 saturated carbocycles. The Morgan fingerprint density at radius 1 is 1.20 bits per heavy atom. The van der Waals surface area contributed by atoms with Crippen LogP contribution in [0.1, 0.15) is 51.0 Å². The summed E-state index contributed by atoms with van der Waals surface area (Å²) in [7, 11) is 1.45. The first-order valence-electron chi connectivity index (χ1n) is 11.3. The van der Waals surface area contributed by atoms with Crippen molar-refractivity contribution in [3.05, 3.63) is 30.1 Å². The maximum atomic E-state index is 12.5. The molecule has 2 aliphatic heterocycles. The number of esters is 1. The highest BCUT2D eigenvalue weighted by atomic mass is 16.5. The van der Waals surface area contributed by atoms with Crippen LogP contribution in [-0.4, -0.2) is 72.0 Å². The van der Waals surface area contributed by atoms with E-state index in [4.69, 9.17) is 4.74 Å². The van der Waals surface area contributed by atoms with Gasteiger partial charge in [0.1, 0.15) is 0 Å². The molecule has 166 valence electrons. The zero-order chi connectivity index (χ0) is 21.3. The van der Waals surface area contributed by atoms with Gasteiger partial charge in [-0.25, -0.2) is 0 Å². The monoisotopic (exact) mass is 416 g/mol. The number of rotatable bonds is 8. The highest BCUT2D eigenvalue weighted by Crippen LogP contribution is 2.25. The molecule has 2 fully saturated rings. The molecule has 0 bridgehead atoms. The van der Waals surface area contributed by atoms with Crippen LogP contribution in [0, 0.1) is 5.92 Å². The molecule has 1 aromatic heterocycles. The molecule has 0 radical (unpaired) electrons. The molecule has 1 amide bonds. The number of carbonyl (C=O) groups is 2. The lowest BCUT2D eigenvalue weighted by molar-refractivity contribution is -0.141. The third kappa shape index (κ3) is 6.51. The Kier molecular flexibility index (Phi) is 8.63. The molecule has 30 heavy (non-hydrogen) atoms. The number of nitrogens with one attached hydrogen (secondary N) is 1. The SMILES string of the molecule is COC(=O)CCC(C)N1CCC(N2CCC(C(=O)NCc3cccnc3)CC2)CC1. The quantitative estimate of drug-likeness (QED) is 0.655. The van der Waals surface area contributed by atoms with Crippen LogP contribution < -0.4 is 5.32 Å². The number of amides is 1. The van der Waals surface area contributed by atoms with E-state index in [1.807, 2.05) is 12.1 Å². The number of likely N-dealkylation sites (tertiary alicyclic amines) is 2. The zero-order valence-corrected chi connectivity index (χ0v) is 18.4. The van der Waals surface area contributed by atoms with Gasteiger partial charge in [-0.2, -0.15) is 0 Å². The fourth-order valence-corrected chi connectivity index (χ4v) is 4.67. The Labute approximate surface area is 180 Å². The predicted octanol–water partition coefficient (Wildman–Crippen LogP) is 2.22. The summed E-state index contributed by atoms with van der Waals surface area (Å²) in [6.07, 6.45) is 9.11. The second-order valence-electron chi connectivity index (χ2n) is 8.62. The van der Waals surface area contributed by atoms with E-state index in [1.54, 1.807) is 12.4 Å². The smallest absolute Gasteiger partial charge is 0.305 e. The van der Waals surface area contributed by atoms with Gasteiger partial charge in [0.2, 0.25) is 5.91 Å². The molecule has 7 heteroatoms. The molecule has 1 N–H and O–H groups in total. The van der Waals surface area contributed by atoms with Crippen LogP contribution in [0.4, 0.5) is 0 Å². The first-order chi connectivity index (χ1) is 14.6. The van der Waals surface area contributed by atoms with Crippen molar-refractivity contribution in [3.63, 3.8) is 0 Å². The summed E-state index contributed by atoms with van der Waals surface area (Å²) in [4.78, 5) is 33.1. The fourth-order valence-electron chi connectivity index (χ4n) is 4.67. The Morgan fingerprint density at radius 2 is 1.93 bits per heavy atom. The van der Waals surface area contributed by atoms with Crippen molar-refractivity contribution >= 4 is 11.9 Å². The standard InChI is InChI=1S/C23H36N4O3/c1-18(5-6-22(28)30-2)26-14-9-21(10-15-26)27-12-7-20(8-13-27)23(29)25-17-19-4-3-11-24-16-19/h3-4,11,16,18,20-21H,5-10,12-15,17H2,1-2H3,(H,25,29). The fraction of sp³-hybridized carbons (Fsp3) is 0.696. The molecule has 7 nitrogen and oxygen atoms in total. The first kappa shape index (κ1) is 22.7. The Balaban J connectivity index is 1.34. The molecule has 3 heterocycles. The van der Waals surface area contributed by atoms with Gasteiger partial charge in [0.25, 0.3) is 0 Å². The molecule has 0 aliphatic carbocycles. The summed E-state index contributed by atoms with van der Waals surface area (Å²) >= 11 is 0. The number of pyridine rings is 1. The normalized spacial score (nSPS) is 20.6.